The molecular weight excluding hydrogens is 284 g/mol. The summed E-state index contributed by atoms with van der Waals surface area (Å²) in [5.74, 6) is 1.37. The summed E-state index contributed by atoms with van der Waals surface area (Å²) in [4.78, 5) is 0.416. The molecule has 1 unspecified atom stereocenters. The predicted molar refractivity (Wildman–Crippen MR) is 83.7 cm³/mol. The Morgan fingerprint density at radius 2 is 1.90 bits per heavy atom. The Morgan fingerprint density at radius 3 is 2.67 bits per heavy atom. The molecule has 2 fully saturated rings. The smallest absolute Gasteiger partial charge is 0.241 e. The van der Waals surface area contributed by atoms with Gasteiger partial charge >= 0.3 is 0 Å². The fourth-order valence-electron chi connectivity index (χ4n) is 3.79. The summed E-state index contributed by atoms with van der Waals surface area (Å²) in [5, 5.41) is 3.42. The predicted octanol–water partition coefficient (Wildman–Crippen LogP) is 1.97. The molecule has 1 saturated carbocycles. The second-order valence-corrected chi connectivity index (χ2v) is 8.26. The first-order valence-corrected chi connectivity index (χ1v) is 9.24. The minimum Gasteiger partial charge on any atom is -0.316 e. The first kappa shape index (κ1) is 15.0. The van der Waals surface area contributed by atoms with Crippen LogP contribution < -0.4 is 10.0 Å². The van der Waals surface area contributed by atoms with Crippen LogP contribution in [-0.2, 0) is 10.0 Å². The lowest BCUT2D eigenvalue weighted by Gasteiger charge is -2.31. The molecule has 1 saturated heterocycles. The van der Waals surface area contributed by atoms with E-state index in [1.54, 1.807) is 6.07 Å². The Labute approximate surface area is 127 Å². The summed E-state index contributed by atoms with van der Waals surface area (Å²) in [6.45, 7) is 5.97. The van der Waals surface area contributed by atoms with E-state index >= 15 is 0 Å². The van der Waals surface area contributed by atoms with Crippen LogP contribution in [0.2, 0.25) is 0 Å². The van der Waals surface area contributed by atoms with Crippen molar-refractivity contribution >= 4 is 10.0 Å². The molecular formula is C16H24N2O2S. The van der Waals surface area contributed by atoms with Gasteiger partial charge in [0.15, 0.2) is 0 Å². The maximum atomic E-state index is 12.6. The van der Waals surface area contributed by atoms with Gasteiger partial charge in [-0.25, -0.2) is 13.1 Å². The second-order valence-electron chi connectivity index (χ2n) is 6.58. The molecule has 0 spiro atoms. The molecule has 0 amide bonds. The van der Waals surface area contributed by atoms with Gasteiger partial charge in [0.1, 0.15) is 0 Å². The van der Waals surface area contributed by atoms with E-state index < -0.39 is 10.0 Å². The SMILES string of the molecule is Cc1ccc(S(=O)(=O)NC2CC[C@H]3CNC[C@H]3C2)c(C)c1. The van der Waals surface area contributed by atoms with Gasteiger partial charge < -0.3 is 5.32 Å². The number of aryl methyl sites for hydroxylation is 2. The lowest BCUT2D eigenvalue weighted by molar-refractivity contribution is 0.260. The third kappa shape index (κ3) is 3.15. The molecule has 21 heavy (non-hydrogen) atoms. The number of sulfonamides is 1. The molecule has 5 heteroatoms. The largest absolute Gasteiger partial charge is 0.316 e. The Morgan fingerprint density at radius 1 is 1.14 bits per heavy atom. The van der Waals surface area contributed by atoms with Crippen molar-refractivity contribution in [2.45, 2.75) is 44.0 Å². The van der Waals surface area contributed by atoms with Crippen LogP contribution in [-0.4, -0.2) is 27.5 Å². The van der Waals surface area contributed by atoms with Gasteiger partial charge in [-0.3, -0.25) is 0 Å². The zero-order valence-corrected chi connectivity index (χ0v) is 13.5. The van der Waals surface area contributed by atoms with Crippen LogP contribution >= 0.6 is 0 Å². The van der Waals surface area contributed by atoms with E-state index in [9.17, 15) is 8.42 Å². The molecule has 2 aliphatic rings. The molecule has 0 aromatic heterocycles. The van der Waals surface area contributed by atoms with Gasteiger partial charge in [-0.1, -0.05) is 17.7 Å². The fourth-order valence-corrected chi connectivity index (χ4v) is 5.30. The molecule has 1 heterocycles. The number of fused-ring (bicyclic) bond motifs is 1. The number of rotatable bonds is 3. The Kier molecular flexibility index (Phi) is 4.08. The second kappa shape index (κ2) is 5.71. The van der Waals surface area contributed by atoms with Gasteiger partial charge in [0, 0.05) is 6.04 Å². The maximum Gasteiger partial charge on any atom is 0.241 e. The monoisotopic (exact) mass is 308 g/mol. The summed E-state index contributed by atoms with van der Waals surface area (Å²) < 4.78 is 28.1. The van der Waals surface area contributed by atoms with E-state index in [0.717, 1.165) is 49.4 Å². The molecule has 0 bridgehead atoms. The van der Waals surface area contributed by atoms with Crippen molar-refractivity contribution in [2.24, 2.45) is 11.8 Å². The standard InChI is InChI=1S/C16H24N2O2S/c1-11-3-6-16(12(2)7-11)21(19,20)18-15-5-4-13-9-17-10-14(13)8-15/h3,6-7,13-15,17-18H,4-5,8-10H2,1-2H3/t13-,14+,15?/m0/s1. The van der Waals surface area contributed by atoms with E-state index in [1.165, 1.54) is 0 Å². The molecule has 116 valence electrons. The van der Waals surface area contributed by atoms with E-state index in [2.05, 4.69) is 10.0 Å². The Hall–Kier alpha value is -0.910. The lowest BCUT2D eigenvalue weighted by Crippen LogP contribution is -2.40. The molecule has 1 aromatic carbocycles. The Balaban J connectivity index is 1.74. The highest BCUT2D eigenvalue weighted by atomic mass is 32.2. The highest BCUT2D eigenvalue weighted by Crippen LogP contribution is 2.33. The van der Waals surface area contributed by atoms with E-state index in [-0.39, 0.29) is 6.04 Å². The summed E-state index contributed by atoms with van der Waals surface area (Å²) in [5.41, 5.74) is 1.91. The molecule has 1 aliphatic carbocycles. The van der Waals surface area contributed by atoms with Crippen molar-refractivity contribution < 1.29 is 8.42 Å². The van der Waals surface area contributed by atoms with Gasteiger partial charge in [-0.05, 0) is 69.7 Å². The van der Waals surface area contributed by atoms with Crippen LogP contribution in [0.1, 0.15) is 30.4 Å². The zero-order valence-electron chi connectivity index (χ0n) is 12.7. The van der Waals surface area contributed by atoms with E-state index in [4.69, 9.17) is 0 Å². The van der Waals surface area contributed by atoms with Crippen molar-refractivity contribution in [3.05, 3.63) is 29.3 Å². The van der Waals surface area contributed by atoms with Crippen molar-refractivity contribution in [3.63, 3.8) is 0 Å². The van der Waals surface area contributed by atoms with Crippen LogP contribution in [0.4, 0.5) is 0 Å². The van der Waals surface area contributed by atoms with Crippen LogP contribution in [0.25, 0.3) is 0 Å². The normalized spacial score (nSPS) is 29.3. The molecule has 1 aliphatic heterocycles. The maximum absolute atomic E-state index is 12.6. The number of nitrogens with one attached hydrogen (secondary N) is 2. The highest BCUT2D eigenvalue weighted by molar-refractivity contribution is 7.89. The van der Waals surface area contributed by atoms with Crippen LogP contribution in [0.15, 0.2) is 23.1 Å². The average Bonchev–Trinajstić information content (AvgIpc) is 2.85. The van der Waals surface area contributed by atoms with Crippen molar-refractivity contribution in [3.8, 4) is 0 Å². The van der Waals surface area contributed by atoms with E-state index in [0.29, 0.717) is 10.8 Å². The molecule has 4 nitrogen and oxygen atoms in total. The molecule has 3 atom stereocenters. The van der Waals surface area contributed by atoms with Gasteiger partial charge in [0.25, 0.3) is 0 Å². The van der Waals surface area contributed by atoms with Gasteiger partial charge in [0.05, 0.1) is 4.90 Å². The first-order chi connectivity index (χ1) is 9.95. The van der Waals surface area contributed by atoms with Gasteiger partial charge in [-0.15, -0.1) is 0 Å². The van der Waals surface area contributed by atoms with E-state index in [1.807, 2.05) is 26.0 Å². The van der Waals surface area contributed by atoms with Gasteiger partial charge in [-0.2, -0.15) is 0 Å². The zero-order chi connectivity index (χ0) is 15.0. The highest BCUT2D eigenvalue weighted by Gasteiger charge is 2.35. The van der Waals surface area contributed by atoms with Crippen LogP contribution in [0, 0.1) is 25.7 Å². The van der Waals surface area contributed by atoms with Crippen LogP contribution in [0.3, 0.4) is 0 Å². The fraction of sp³-hybridized carbons (Fsp3) is 0.625. The van der Waals surface area contributed by atoms with Crippen molar-refractivity contribution in [1.82, 2.24) is 10.0 Å². The van der Waals surface area contributed by atoms with Crippen molar-refractivity contribution in [1.29, 1.82) is 0 Å². The van der Waals surface area contributed by atoms with Gasteiger partial charge in [0.2, 0.25) is 10.0 Å². The summed E-state index contributed by atoms with van der Waals surface area (Å²) >= 11 is 0. The minimum absolute atomic E-state index is 0.0804. The molecule has 2 N–H and O–H groups in total. The summed E-state index contributed by atoms with van der Waals surface area (Å²) in [6, 6.07) is 5.58. The minimum atomic E-state index is -3.41. The summed E-state index contributed by atoms with van der Waals surface area (Å²) in [6.07, 6.45) is 3.03. The van der Waals surface area contributed by atoms with Crippen molar-refractivity contribution in [2.75, 3.05) is 13.1 Å². The third-order valence-electron chi connectivity index (χ3n) is 4.89. The molecule has 0 radical (unpaired) electrons. The topological polar surface area (TPSA) is 58.2 Å². The third-order valence-corrected chi connectivity index (χ3v) is 6.58. The molecule has 1 aromatic rings. The lowest BCUT2D eigenvalue weighted by atomic mass is 9.79. The number of benzene rings is 1. The quantitative estimate of drug-likeness (QED) is 0.897. The number of hydrogen-bond donors (Lipinski definition) is 2. The Bertz CT molecular complexity index is 627. The van der Waals surface area contributed by atoms with Crippen LogP contribution in [0.5, 0.6) is 0 Å². The number of hydrogen-bond acceptors (Lipinski definition) is 3. The average molecular weight is 308 g/mol. The summed E-state index contributed by atoms with van der Waals surface area (Å²) in [7, 11) is -3.41. The first-order valence-electron chi connectivity index (χ1n) is 7.76. The molecule has 3 rings (SSSR count).